The molecule has 0 aliphatic rings. The number of benzene rings is 1. The zero-order valence-electron chi connectivity index (χ0n) is 11.6. The highest BCUT2D eigenvalue weighted by atomic mass is 35.5. The van der Waals surface area contributed by atoms with Crippen molar-refractivity contribution in [3.05, 3.63) is 41.2 Å². The van der Waals surface area contributed by atoms with Gasteiger partial charge in [-0.3, -0.25) is 4.68 Å². The van der Waals surface area contributed by atoms with Crippen molar-refractivity contribution in [1.29, 1.82) is 0 Å². The third-order valence-corrected chi connectivity index (χ3v) is 5.10. The van der Waals surface area contributed by atoms with E-state index in [0.29, 0.717) is 10.7 Å². The number of rotatable bonds is 6. The normalized spacial score (nSPS) is 13.3. The summed E-state index contributed by atoms with van der Waals surface area (Å²) in [6.07, 6.45) is 2.44. The Balaban J connectivity index is 2.05. The number of halogens is 1. The molecule has 21 heavy (non-hydrogen) atoms. The molecule has 0 spiro atoms. The molecule has 0 amide bonds. The number of hydrogen-bond donors (Lipinski definition) is 1. The maximum absolute atomic E-state index is 12.2. The molecule has 0 radical (unpaired) electrons. The van der Waals surface area contributed by atoms with Gasteiger partial charge in [-0.05, 0) is 30.7 Å². The van der Waals surface area contributed by atoms with Crippen LogP contribution < -0.4 is 5.73 Å². The van der Waals surface area contributed by atoms with Gasteiger partial charge in [-0.15, -0.1) is 5.10 Å². The Morgan fingerprint density at radius 1 is 1.33 bits per heavy atom. The number of aryl methyl sites for hydroxylation is 1. The molecule has 1 aromatic heterocycles. The van der Waals surface area contributed by atoms with Gasteiger partial charge in [-0.2, -0.15) is 0 Å². The second kappa shape index (κ2) is 6.55. The maximum Gasteiger partial charge on any atom is 0.180 e. The van der Waals surface area contributed by atoms with Crippen molar-refractivity contribution in [1.82, 2.24) is 15.0 Å². The van der Waals surface area contributed by atoms with Crippen LogP contribution in [-0.4, -0.2) is 29.2 Å². The number of nitrogens with two attached hydrogens (primary N) is 1. The number of aromatic nitrogens is 3. The van der Waals surface area contributed by atoms with Gasteiger partial charge in [0.05, 0.1) is 35.1 Å². The van der Waals surface area contributed by atoms with E-state index in [1.807, 2.05) is 6.92 Å². The van der Waals surface area contributed by atoms with Crippen molar-refractivity contribution in [2.75, 3.05) is 5.75 Å². The SMILES string of the molecule is CCC(N)c1cn(CCS(=O)(=O)c2ccc(Cl)cc2)nn1. The average Bonchev–Trinajstić information content (AvgIpc) is 2.94. The van der Waals surface area contributed by atoms with Crippen molar-refractivity contribution >= 4 is 21.4 Å². The van der Waals surface area contributed by atoms with Crippen LogP contribution in [0.5, 0.6) is 0 Å². The maximum atomic E-state index is 12.2. The zero-order valence-corrected chi connectivity index (χ0v) is 13.2. The molecule has 2 aromatic rings. The molecular weight excluding hydrogens is 312 g/mol. The van der Waals surface area contributed by atoms with Crippen molar-refractivity contribution in [2.24, 2.45) is 5.73 Å². The molecule has 2 N–H and O–H groups in total. The first-order valence-corrected chi connectivity index (χ1v) is 8.59. The lowest BCUT2D eigenvalue weighted by molar-refractivity contribution is 0.575. The van der Waals surface area contributed by atoms with E-state index >= 15 is 0 Å². The smallest absolute Gasteiger partial charge is 0.180 e. The lowest BCUT2D eigenvalue weighted by Gasteiger charge is -2.05. The van der Waals surface area contributed by atoms with Crippen LogP contribution in [0.15, 0.2) is 35.4 Å². The molecule has 0 bridgehead atoms. The van der Waals surface area contributed by atoms with Crippen LogP contribution >= 0.6 is 11.6 Å². The second-order valence-corrected chi connectivity index (χ2v) is 7.24. The molecule has 1 atom stereocenters. The average molecular weight is 329 g/mol. The Kier molecular flexibility index (Phi) is 4.97. The van der Waals surface area contributed by atoms with Gasteiger partial charge >= 0.3 is 0 Å². The van der Waals surface area contributed by atoms with E-state index in [-0.39, 0.29) is 23.2 Å². The second-order valence-electron chi connectivity index (χ2n) is 4.69. The molecule has 0 saturated heterocycles. The van der Waals surface area contributed by atoms with Gasteiger partial charge in [0.1, 0.15) is 0 Å². The summed E-state index contributed by atoms with van der Waals surface area (Å²) >= 11 is 5.75. The highest BCUT2D eigenvalue weighted by Crippen LogP contribution is 2.16. The van der Waals surface area contributed by atoms with Crippen LogP contribution in [0.25, 0.3) is 0 Å². The third kappa shape index (κ3) is 4.03. The van der Waals surface area contributed by atoms with Gasteiger partial charge in [0.2, 0.25) is 0 Å². The Morgan fingerprint density at radius 2 is 2.00 bits per heavy atom. The summed E-state index contributed by atoms with van der Waals surface area (Å²) in [6.45, 7) is 2.18. The van der Waals surface area contributed by atoms with E-state index < -0.39 is 9.84 Å². The molecular formula is C13H17ClN4O2S. The number of nitrogens with zero attached hydrogens (tertiary/aromatic N) is 3. The van der Waals surface area contributed by atoms with Gasteiger partial charge in [0.15, 0.2) is 9.84 Å². The van der Waals surface area contributed by atoms with Gasteiger partial charge < -0.3 is 5.73 Å². The predicted molar refractivity (Wildman–Crippen MR) is 80.7 cm³/mol. The summed E-state index contributed by atoms with van der Waals surface area (Å²) in [4.78, 5) is 0.248. The van der Waals surface area contributed by atoms with E-state index in [2.05, 4.69) is 10.3 Å². The van der Waals surface area contributed by atoms with E-state index in [0.717, 1.165) is 6.42 Å². The van der Waals surface area contributed by atoms with Gasteiger partial charge in [0, 0.05) is 5.02 Å². The molecule has 1 aromatic carbocycles. The molecule has 0 aliphatic carbocycles. The van der Waals surface area contributed by atoms with E-state index in [1.54, 1.807) is 18.3 Å². The highest BCUT2D eigenvalue weighted by Gasteiger charge is 2.15. The standard InChI is InChI=1S/C13H17ClN4O2S/c1-2-12(15)13-9-18(17-16-13)7-8-21(19,20)11-5-3-10(14)4-6-11/h3-6,9,12H,2,7-8,15H2,1H3. The lowest BCUT2D eigenvalue weighted by Crippen LogP contribution is -2.13. The molecule has 1 unspecified atom stereocenters. The Morgan fingerprint density at radius 3 is 2.62 bits per heavy atom. The van der Waals surface area contributed by atoms with Crippen molar-refractivity contribution < 1.29 is 8.42 Å². The monoisotopic (exact) mass is 328 g/mol. The molecule has 0 aliphatic heterocycles. The summed E-state index contributed by atoms with van der Waals surface area (Å²) in [5.74, 6) is -0.0568. The Hall–Kier alpha value is -1.44. The molecule has 114 valence electrons. The first-order chi connectivity index (χ1) is 9.92. The first kappa shape index (κ1) is 15.9. The zero-order chi connectivity index (χ0) is 15.5. The molecule has 6 nitrogen and oxygen atoms in total. The van der Waals surface area contributed by atoms with Crippen LogP contribution in [-0.2, 0) is 16.4 Å². The molecule has 0 saturated carbocycles. The molecule has 0 fully saturated rings. The number of sulfone groups is 1. The van der Waals surface area contributed by atoms with Gasteiger partial charge in [-0.25, -0.2) is 8.42 Å². The largest absolute Gasteiger partial charge is 0.323 e. The minimum Gasteiger partial charge on any atom is -0.323 e. The molecule has 2 rings (SSSR count). The van der Waals surface area contributed by atoms with E-state index in [9.17, 15) is 8.42 Å². The molecule has 8 heteroatoms. The van der Waals surface area contributed by atoms with Crippen molar-refractivity contribution in [2.45, 2.75) is 30.8 Å². The summed E-state index contributed by atoms with van der Waals surface area (Å²) in [6, 6.07) is 5.94. The minimum absolute atomic E-state index is 0.0568. The minimum atomic E-state index is -3.37. The Labute approximate surface area is 128 Å². The summed E-state index contributed by atoms with van der Waals surface area (Å²) in [5, 5.41) is 8.35. The van der Waals surface area contributed by atoms with Crippen LogP contribution in [0.2, 0.25) is 5.02 Å². The van der Waals surface area contributed by atoms with Crippen molar-refractivity contribution in [3.8, 4) is 0 Å². The van der Waals surface area contributed by atoms with Gasteiger partial charge in [0.25, 0.3) is 0 Å². The first-order valence-electron chi connectivity index (χ1n) is 6.56. The molecule has 1 heterocycles. The quantitative estimate of drug-likeness (QED) is 0.873. The summed E-state index contributed by atoms with van der Waals surface area (Å²) < 4.78 is 25.9. The topological polar surface area (TPSA) is 90.9 Å². The predicted octanol–water partition coefficient (Wildman–Crippen LogP) is 1.82. The fourth-order valence-corrected chi connectivity index (χ4v) is 3.12. The lowest BCUT2D eigenvalue weighted by atomic mass is 10.2. The summed E-state index contributed by atoms with van der Waals surface area (Å²) in [7, 11) is -3.37. The van der Waals surface area contributed by atoms with E-state index in [4.69, 9.17) is 17.3 Å². The number of hydrogen-bond acceptors (Lipinski definition) is 5. The fourth-order valence-electron chi connectivity index (χ4n) is 1.78. The highest BCUT2D eigenvalue weighted by molar-refractivity contribution is 7.91. The Bertz CT molecular complexity index is 697. The van der Waals surface area contributed by atoms with E-state index in [1.165, 1.54) is 16.8 Å². The third-order valence-electron chi connectivity index (χ3n) is 3.14. The van der Waals surface area contributed by atoms with Gasteiger partial charge in [-0.1, -0.05) is 23.7 Å². The van der Waals surface area contributed by atoms with Crippen LogP contribution in [0, 0.1) is 0 Å². The van der Waals surface area contributed by atoms with Crippen LogP contribution in [0.3, 0.4) is 0 Å². The summed E-state index contributed by atoms with van der Waals surface area (Å²) in [5.41, 5.74) is 6.52. The fraction of sp³-hybridized carbons (Fsp3) is 0.385. The van der Waals surface area contributed by atoms with Crippen molar-refractivity contribution in [3.63, 3.8) is 0 Å². The van der Waals surface area contributed by atoms with Crippen LogP contribution in [0.1, 0.15) is 25.1 Å². The van der Waals surface area contributed by atoms with Crippen LogP contribution in [0.4, 0.5) is 0 Å².